The van der Waals surface area contributed by atoms with Crippen LogP contribution in [0.15, 0.2) is 48.5 Å². The molecule has 0 aliphatic carbocycles. The van der Waals surface area contributed by atoms with Gasteiger partial charge in [-0.25, -0.2) is 0 Å². The second-order valence-corrected chi connectivity index (χ2v) is 6.65. The second-order valence-electron chi connectivity index (χ2n) is 5.29. The molecule has 0 fully saturated rings. The standard InChI is InChI=1S/C18H16ClN3O3S/c1-22(16(23)11-25-13-9-7-12(24-2)8-10-13)18-21-20-17(26-18)14-5-3-4-6-15(14)19/h3-10H,11H2,1-2H3. The Hall–Kier alpha value is -2.64. The van der Waals surface area contributed by atoms with Crippen molar-refractivity contribution in [1.82, 2.24) is 10.2 Å². The van der Waals surface area contributed by atoms with E-state index in [1.54, 1.807) is 44.5 Å². The van der Waals surface area contributed by atoms with Crippen molar-refractivity contribution in [2.75, 3.05) is 25.7 Å². The van der Waals surface area contributed by atoms with Gasteiger partial charge < -0.3 is 9.47 Å². The van der Waals surface area contributed by atoms with Gasteiger partial charge >= 0.3 is 0 Å². The van der Waals surface area contributed by atoms with E-state index < -0.39 is 0 Å². The molecule has 6 nitrogen and oxygen atoms in total. The molecule has 3 rings (SSSR count). The molecule has 0 saturated heterocycles. The normalized spacial score (nSPS) is 10.4. The fourth-order valence-electron chi connectivity index (χ4n) is 2.12. The van der Waals surface area contributed by atoms with Crippen molar-refractivity contribution in [3.8, 4) is 22.1 Å². The van der Waals surface area contributed by atoms with E-state index in [9.17, 15) is 4.79 Å². The number of hydrogen-bond acceptors (Lipinski definition) is 6. The maximum atomic E-state index is 12.3. The highest BCUT2D eigenvalue weighted by Gasteiger charge is 2.18. The molecule has 0 spiro atoms. The summed E-state index contributed by atoms with van der Waals surface area (Å²) in [5.41, 5.74) is 0.785. The first-order chi connectivity index (χ1) is 12.6. The van der Waals surface area contributed by atoms with Gasteiger partial charge in [-0.3, -0.25) is 9.69 Å². The van der Waals surface area contributed by atoms with Crippen LogP contribution in [0.4, 0.5) is 5.13 Å². The monoisotopic (exact) mass is 389 g/mol. The first-order valence-electron chi connectivity index (χ1n) is 7.70. The van der Waals surface area contributed by atoms with Crippen LogP contribution in [0.25, 0.3) is 10.6 Å². The molecule has 0 unspecified atom stereocenters. The van der Waals surface area contributed by atoms with Gasteiger partial charge in [0, 0.05) is 12.6 Å². The van der Waals surface area contributed by atoms with Crippen LogP contribution in [-0.4, -0.2) is 36.9 Å². The number of ether oxygens (including phenoxy) is 2. The fraction of sp³-hybridized carbons (Fsp3) is 0.167. The zero-order valence-corrected chi connectivity index (χ0v) is 15.8. The maximum Gasteiger partial charge on any atom is 0.266 e. The van der Waals surface area contributed by atoms with Gasteiger partial charge in [0.1, 0.15) is 11.5 Å². The van der Waals surface area contributed by atoms with Crippen LogP contribution < -0.4 is 14.4 Å². The van der Waals surface area contributed by atoms with Gasteiger partial charge in [-0.2, -0.15) is 0 Å². The smallest absolute Gasteiger partial charge is 0.266 e. The summed E-state index contributed by atoms with van der Waals surface area (Å²) < 4.78 is 10.6. The van der Waals surface area contributed by atoms with Gasteiger partial charge in [-0.15, -0.1) is 10.2 Å². The van der Waals surface area contributed by atoms with Crippen LogP contribution in [0, 0.1) is 0 Å². The molecule has 2 aromatic carbocycles. The molecular formula is C18H16ClN3O3S. The van der Waals surface area contributed by atoms with Gasteiger partial charge in [-0.1, -0.05) is 41.1 Å². The highest BCUT2D eigenvalue weighted by atomic mass is 35.5. The van der Waals surface area contributed by atoms with Crippen molar-refractivity contribution >= 4 is 34.0 Å². The minimum Gasteiger partial charge on any atom is -0.497 e. The largest absolute Gasteiger partial charge is 0.497 e. The van der Waals surface area contributed by atoms with E-state index in [2.05, 4.69) is 10.2 Å². The number of carbonyl (C=O) groups is 1. The lowest BCUT2D eigenvalue weighted by Crippen LogP contribution is -2.31. The third-order valence-corrected chi connectivity index (χ3v) is 4.96. The number of nitrogens with zero attached hydrogens (tertiary/aromatic N) is 3. The zero-order chi connectivity index (χ0) is 18.5. The van der Waals surface area contributed by atoms with Gasteiger partial charge in [0.05, 0.1) is 12.1 Å². The molecule has 0 aliphatic rings. The van der Waals surface area contributed by atoms with Crippen molar-refractivity contribution < 1.29 is 14.3 Å². The van der Waals surface area contributed by atoms with E-state index in [0.717, 1.165) is 11.3 Å². The number of aromatic nitrogens is 2. The molecule has 26 heavy (non-hydrogen) atoms. The molecule has 0 aliphatic heterocycles. The Kier molecular flexibility index (Phi) is 5.70. The molecule has 8 heteroatoms. The predicted molar refractivity (Wildman–Crippen MR) is 102 cm³/mol. The molecule has 0 N–H and O–H groups in total. The Morgan fingerprint density at radius 1 is 1.12 bits per heavy atom. The molecule has 134 valence electrons. The lowest BCUT2D eigenvalue weighted by atomic mass is 10.2. The summed E-state index contributed by atoms with van der Waals surface area (Å²) in [4.78, 5) is 13.8. The number of anilines is 1. The minimum absolute atomic E-state index is 0.107. The summed E-state index contributed by atoms with van der Waals surface area (Å²) in [7, 11) is 3.23. The van der Waals surface area contributed by atoms with E-state index in [1.165, 1.54) is 16.2 Å². The molecule has 0 atom stereocenters. The quantitative estimate of drug-likeness (QED) is 0.639. The number of amides is 1. The lowest BCUT2D eigenvalue weighted by molar-refractivity contribution is -0.120. The summed E-state index contributed by atoms with van der Waals surface area (Å²) in [6.07, 6.45) is 0. The van der Waals surface area contributed by atoms with Crippen LogP contribution in [0.1, 0.15) is 0 Å². The number of rotatable bonds is 6. The Morgan fingerprint density at radius 3 is 2.50 bits per heavy atom. The molecule has 0 bridgehead atoms. The molecule has 0 saturated carbocycles. The zero-order valence-electron chi connectivity index (χ0n) is 14.2. The van der Waals surface area contributed by atoms with Crippen molar-refractivity contribution in [1.29, 1.82) is 0 Å². The van der Waals surface area contributed by atoms with Gasteiger partial charge in [0.2, 0.25) is 5.13 Å². The average molecular weight is 390 g/mol. The number of hydrogen-bond donors (Lipinski definition) is 0. The first-order valence-corrected chi connectivity index (χ1v) is 8.89. The number of likely N-dealkylation sites (N-methyl/N-ethyl adjacent to an activating group) is 1. The third-order valence-electron chi connectivity index (χ3n) is 3.60. The van der Waals surface area contributed by atoms with E-state index in [0.29, 0.717) is 20.9 Å². The second kappa shape index (κ2) is 8.16. The van der Waals surface area contributed by atoms with E-state index in [4.69, 9.17) is 21.1 Å². The lowest BCUT2D eigenvalue weighted by Gasteiger charge is -2.13. The van der Waals surface area contributed by atoms with Crippen LogP contribution in [0.2, 0.25) is 5.02 Å². The summed E-state index contributed by atoms with van der Waals surface area (Å²) >= 11 is 7.47. The van der Waals surface area contributed by atoms with Crippen LogP contribution in [0.3, 0.4) is 0 Å². The third kappa shape index (κ3) is 4.12. The minimum atomic E-state index is -0.234. The van der Waals surface area contributed by atoms with Crippen molar-refractivity contribution in [2.24, 2.45) is 0 Å². The SMILES string of the molecule is COc1ccc(OCC(=O)N(C)c2nnc(-c3ccccc3Cl)s2)cc1. The molecule has 1 aromatic heterocycles. The number of methoxy groups -OCH3 is 1. The van der Waals surface area contributed by atoms with Gasteiger partial charge in [0.25, 0.3) is 5.91 Å². The Morgan fingerprint density at radius 2 is 1.81 bits per heavy atom. The maximum absolute atomic E-state index is 12.3. The Balaban J connectivity index is 1.64. The van der Waals surface area contributed by atoms with Crippen LogP contribution in [0.5, 0.6) is 11.5 Å². The number of carbonyl (C=O) groups excluding carboxylic acids is 1. The Labute approximate surface area is 160 Å². The fourth-order valence-corrected chi connectivity index (χ4v) is 3.26. The summed E-state index contributed by atoms with van der Waals surface area (Å²) in [6.45, 7) is -0.107. The number of halogens is 1. The number of benzene rings is 2. The highest BCUT2D eigenvalue weighted by Crippen LogP contribution is 2.32. The molecular weight excluding hydrogens is 374 g/mol. The topological polar surface area (TPSA) is 64.6 Å². The predicted octanol–water partition coefficient (Wildman–Crippen LogP) is 3.91. The summed E-state index contributed by atoms with van der Waals surface area (Å²) in [5, 5.41) is 9.92. The van der Waals surface area contributed by atoms with Gasteiger partial charge in [-0.05, 0) is 30.3 Å². The van der Waals surface area contributed by atoms with Crippen molar-refractivity contribution in [2.45, 2.75) is 0 Å². The van der Waals surface area contributed by atoms with Gasteiger partial charge in [0.15, 0.2) is 11.6 Å². The van der Waals surface area contributed by atoms with Crippen LogP contribution >= 0.6 is 22.9 Å². The highest BCUT2D eigenvalue weighted by molar-refractivity contribution is 7.18. The van der Waals surface area contributed by atoms with Crippen molar-refractivity contribution in [3.05, 3.63) is 53.6 Å². The molecule has 0 radical (unpaired) electrons. The average Bonchev–Trinajstić information content (AvgIpc) is 3.16. The first kappa shape index (κ1) is 18.2. The summed E-state index contributed by atoms with van der Waals surface area (Å²) in [5.74, 6) is 1.08. The van der Waals surface area contributed by atoms with Crippen molar-refractivity contribution in [3.63, 3.8) is 0 Å². The molecule has 1 amide bonds. The Bertz CT molecular complexity index is 899. The van der Waals surface area contributed by atoms with E-state index in [-0.39, 0.29) is 12.5 Å². The van der Waals surface area contributed by atoms with E-state index in [1.807, 2.05) is 18.2 Å². The molecule has 3 aromatic rings. The van der Waals surface area contributed by atoms with Crippen LogP contribution in [-0.2, 0) is 4.79 Å². The molecule has 1 heterocycles. The summed E-state index contributed by atoms with van der Waals surface area (Å²) in [6, 6.07) is 14.4. The van der Waals surface area contributed by atoms with E-state index >= 15 is 0 Å².